The molecular formula is C20H20N6O. The largest absolute Gasteiger partial charge is 0.494 e. The van der Waals surface area contributed by atoms with Crippen LogP contribution in [0.4, 0.5) is 5.82 Å². The summed E-state index contributed by atoms with van der Waals surface area (Å²) in [7, 11) is 0. The Morgan fingerprint density at radius 3 is 2.89 bits per heavy atom. The fourth-order valence-corrected chi connectivity index (χ4v) is 3.14. The molecule has 27 heavy (non-hydrogen) atoms. The second kappa shape index (κ2) is 6.68. The molecule has 0 fully saturated rings. The summed E-state index contributed by atoms with van der Waals surface area (Å²) in [5.74, 6) is 0.684. The molecule has 4 rings (SSSR count). The summed E-state index contributed by atoms with van der Waals surface area (Å²) in [6.07, 6.45) is 7.17. The van der Waals surface area contributed by atoms with Crippen molar-refractivity contribution in [3.63, 3.8) is 0 Å². The van der Waals surface area contributed by atoms with E-state index < -0.39 is 0 Å². The highest BCUT2D eigenvalue weighted by atomic mass is 16.3. The molecule has 0 radical (unpaired) electrons. The van der Waals surface area contributed by atoms with E-state index in [1.807, 2.05) is 49.8 Å². The van der Waals surface area contributed by atoms with Gasteiger partial charge < -0.3 is 10.1 Å². The molecule has 0 saturated heterocycles. The van der Waals surface area contributed by atoms with E-state index in [0.717, 1.165) is 34.3 Å². The van der Waals surface area contributed by atoms with Crippen molar-refractivity contribution >= 4 is 22.4 Å². The number of aromatic nitrogens is 5. The third-order valence-corrected chi connectivity index (χ3v) is 4.57. The lowest BCUT2D eigenvalue weighted by atomic mass is 10.0. The van der Waals surface area contributed by atoms with Gasteiger partial charge in [0.15, 0.2) is 11.7 Å². The first-order chi connectivity index (χ1) is 13.1. The first kappa shape index (κ1) is 17.0. The topological polar surface area (TPSA) is 92.0 Å². The number of nitrogens with one attached hydrogen (secondary N) is 1. The number of aromatic hydroxyl groups is 1. The average molecular weight is 360 g/mol. The van der Waals surface area contributed by atoms with E-state index in [-0.39, 0.29) is 5.88 Å². The molecule has 4 heterocycles. The van der Waals surface area contributed by atoms with Gasteiger partial charge in [-0.05, 0) is 38.5 Å². The molecule has 2 N–H and O–H groups in total. The van der Waals surface area contributed by atoms with Crippen molar-refractivity contribution in [2.45, 2.75) is 27.3 Å². The van der Waals surface area contributed by atoms with Crippen molar-refractivity contribution < 1.29 is 5.11 Å². The minimum atomic E-state index is 0.0723. The van der Waals surface area contributed by atoms with Crippen molar-refractivity contribution in [3.8, 4) is 17.1 Å². The van der Waals surface area contributed by atoms with Crippen molar-refractivity contribution in [1.82, 2.24) is 24.7 Å². The van der Waals surface area contributed by atoms with E-state index in [0.29, 0.717) is 17.1 Å². The molecule has 0 atom stereocenters. The van der Waals surface area contributed by atoms with E-state index >= 15 is 0 Å². The van der Waals surface area contributed by atoms with Crippen molar-refractivity contribution in [3.05, 3.63) is 54.1 Å². The van der Waals surface area contributed by atoms with Gasteiger partial charge in [0, 0.05) is 42.2 Å². The molecule has 4 aromatic rings. The highest BCUT2D eigenvalue weighted by Gasteiger charge is 2.16. The van der Waals surface area contributed by atoms with E-state index in [4.69, 9.17) is 0 Å². The average Bonchev–Trinajstić information content (AvgIpc) is 3.24. The van der Waals surface area contributed by atoms with Crippen molar-refractivity contribution in [1.29, 1.82) is 0 Å². The summed E-state index contributed by atoms with van der Waals surface area (Å²) in [6.45, 7) is 6.69. The Hall–Kier alpha value is -3.48. The predicted molar refractivity (Wildman–Crippen MR) is 105 cm³/mol. The summed E-state index contributed by atoms with van der Waals surface area (Å²) in [5, 5.41) is 15.7. The maximum Gasteiger partial charge on any atom is 0.198 e. The summed E-state index contributed by atoms with van der Waals surface area (Å²) in [5.41, 5.74) is 4.94. The Balaban J connectivity index is 1.84. The number of aliphatic imine (C=N–C) groups is 1. The quantitative estimate of drug-likeness (QED) is 0.538. The number of pyridine rings is 2. The Morgan fingerprint density at radius 2 is 2.15 bits per heavy atom. The van der Waals surface area contributed by atoms with Crippen LogP contribution in [0.1, 0.15) is 25.0 Å². The molecule has 0 saturated carbocycles. The van der Waals surface area contributed by atoms with Gasteiger partial charge in [0.1, 0.15) is 0 Å². The fraction of sp³-hybridized carbons (Fsp3) is 0.200. The first-order valence-electron chi connectivity index (χ1n) is 8.77. The van der Waals surface area contributed by atoms with Gasteiger partial charge in [-0.25, -0.2) is 4.99 Å². The lowest BCUT2D eigenvalue weighted by molar-refractivity contribution is 0.457. The zero-order valence-electron chi connectivity index (χ0n) is 15.4. The zero-order chi connectivity index (χ0) is 19.0. The summed E-state index contributed by atoms with van der Waals surface area (Å²) < 4.78 is 1.81. The van der Waals surface area contributed by atoms with Crippen LogP contribution in [0.2, 0.25) is 0 Å². The maximum absolute atomic E-state index is 10.4. The van der Waals surface area contributed by atoms with Gasteiger partial charge in [0.25, 0.3) is 0 Å². The Morgan fingerprint density at radius 1 is 1.30 bits per heavy atom. The van der Waals surface area contributed by atoms with Crippen LogP contribution in [0.25, 0.3) is 22.2 Å². The SMILES string of the molecule is CCn1ccc(N=C(C)c2c(O)[nH]c3cnc(-c4cnccc4C)cc23)n1. The molecular weight excluding hydrogens is 340 g/mol. The van der Waals surface area contributed by atoms with Crippen LogP contribution >= 0.6 is 0 Å². The van der Waals surface area contributed by atoms with Crippen molar-refractivity contribution in [2.75, 3.05) is 0 Å². The van der Waals surface area contributed by atoms with E-state index in [1.165, 1.54) is 0 Å². The Kier molecular flexibility index (Phi) is 4.19. The number of hydrogen-bond acceptors (Lipinski definition) is 5. The fourth-order valence-electron chi connectivity index (χ4n) is 3.14. The third-order valence-electron chi connectivity index (χ3n) is 4.57. The smallest absolute Gasteiger partial charge is 0.198 e. The minimum Gasteiger partial charge on any atom is -0.494 e. The normalized spacial score (nSPS) is 12.0. The molecule has 0 aromatic carbocycles. The van der Waals surface area contributed by atoms with Crippen LogP contribution in [0.5, 0.6) is 5.88 Å². The van der Waals surface area contributed by atoms with Gasteiger partial charge in [-0.15, -0.1) is 0 Å². The molecule has 0 aliphatic carbocycles. The molecule has 0 unspecified atom stereocenters. The van der Waals surface area contributed by atoms with Crippen LogP contribution < -0.4 is 0 Å². The number of aryl methyl sites for hydroxylation is 2. The third kappa shape index (κ3) is 3.08. The number of aromatic amines is 1. The lowest BCUT2D eigenvalue weighted by Gasteiger charge is -2.05. The van der Waals surface area contributed by atoms with Gasteiger partial charge >= 0.3 is 0 Å². The lowest BCUT2D eigenvalue weighted by Crippen LogP contribution is -1.96. The molecule has 0 amide bonds. The van der Waals surface area contributed by atoms with E-state index in [9.17, 15) is 5.11 Å². The highest BCUT2D eigenvalue weighted by Crippen LogP contribution is 2.31. The second-order valence-corrected chi connectivity index (χ2v) is 6.38. The molecule has 4 aromatic heterocycles. The molecule has 0 bridgehead atoms. The van der Waals surface area contributed by atoms with Crippen LogP contribution in [-0.2, 0) is 6.54 Å². The number of rotatable bonds is 4. The molecule has 0 aliphatic rings. The van der Waals surface area contributed by atoms with Gasteiger partial charge in [-0.2, -0.15) is 5.10 Å². The molecule has 0 spiro atoms. The monoisotopic (exact) mass is 360 g/mol. The first-order valence-corrected chi connectivity index (χ1v) is 8.77. The molecule has 7 nitrogen and oxygen atoms in total. The second-order valence-electron chi connectivity index (χ2n) is 6.38. The molecule has 136 valence electrons. The zero-order valence-corrected chi connectivity index (χ0v) is 15.4. The van der Waals surface area contributed by atoms with Crippen molar-refractivity contribution in [2.24, 2.45) is 4.99 Å². The van der Waals surface area contributed by atoms with Gasteiger partial charge in [0.2, 0.25) is 0 Å². The van der Waals surface area contributed by atoms with Gasteiger partial charge in [-0.1, -0.05) is 0 Å². The molecule has 0 aliphatic heterocycles. The van der Waals surface area contributed by atoms with Gasteiger partial charge in [0.05, 0.1) is 28.7 Å². The van der Waals surface area contributed by atoms with Gasteiger partial charge in [-0.3, -0.25) is 14.6 Å². The number of H-pyrrole nitrogens is 1. The Labute approximate surface area is 156 Å². The van der Waals surface area contributed by atoms with E-state index in [1.54, 1.807) is 18.6 Å². The number of hydrogen-bond donors (Lipinski definition) is 2. The summed E-state index contributed by atoms with van der Waals surface area (Å²) >= 11 is 0. The maximum atomic E-state index is 10.4. The van der Waals surface area contributed by atoms with Crippen LogP contribution in [0.3, 0.4) is 0 Å². The summed E-state index contributed by atoms with van der Waals surface area (Å²) in [4.78, 5) is 16.3. The predicted octanol–water partition coefficient (Wildman–Crippen LogP) is 4.00. The van der Waals surface area contributed by atoms with E-state index in [2.05, 4.69) is 25.0 Å². The standard InChI is InChI=1S/C20H20N6O/c1-4-26-8-6-18(25-26)23-13(3)19-14-9-16(15-10-21-7-5-12(15)2)22-11-17(14)24-20(19)27/h5-11,24,27H,4H2,1-3H3. The molecule has 7 heteroatoms. The highest BCUT2D eigenvalue weighted by molar-refractivity contribution is 6.13. The Bertz CT molecular complexity index is 1150. The van der Waals surface area contributed by atoms with Crippen LogP contribution in [0, 0.1) is 6.92 Å². The van der Waals surface area contributed by atoms with Crippen LogP contribution in [-0.4, -0.2) is 35.6 Å². The minimum absolute atomic E-state index is 0.0723. The number of nitrogens with zero attached hydrogens (tertiary/aromatic N) is 5. The summed E-state index contributed by atoms with van der Waals surface area (Å²) in [6, 6.07) is 5.76. The van der Waals surface area contributed by atoms with Crippen LogP contribution in [0.15, 0.2) is 48.0 Å². The number of fused-ring (bicyclic) bond motifs is 1.